The van der Waals surface area contributed by atoms with E-state index in [0.717, 1.165) is 12.1 Å². The molecule has 0 aliphatic carbocycles. The molecule has 3 rings (SSSR count). The van der Waals surface area contributed by atoms with Gasteiger partial charge in [-0.05, 0) is 38.1 Å². The van der Waals surface area contributed by atoms with Gasteiger partial charge in [-0.1, -0.05) is 5.16 Å². The van der Waals surface area contributed by atoms with Crippen LogP contribution in [-0.2, 0) is 6.54 Å². The van der Waals surface area contributed by atoms with Gasteiger partial charge in [-0.2, -0.15) is 15.5 Å². The Bertz CT molecular complexity index is 1170. The molecule has 0 radical (unpaired) electrons. The molecule has 0 aliphatic heterocycles. The average molecular weight is 413 g/mol. The predicted octanol–water partition coefficient (Wildman–Crippen LogP) is 2.45. The summed E-state index contributed by atoms with van der Waals surface area (Å²) in [5, 5.41) is 29.3. The molecule has 0 bridgehead atoms. The Balaban J connectivity index is 1.87. The zero-order valence-corrected chi connectivity index (χ0v) is 16.0. The normalized spacial score (nSPS) is 12.6. The standard InChI is InChI=1S/C19H17F2N7O2/c1-10(28-18(19(23)29)7-17(25-28)11(2)26-30)9-27-4-3-16(24-27)12-5-14(20)13(8-22)15(21)6-12/h3-7,10,30H,9H2,1-2H3,(H2,23,29)/b26-11+. The highest BCUT2D eigenvalue weighted by Gasteiger charge is 2.20. The first kappa shape index (κ1) is 20.7. The van der Waals surface area contributed by atoms with Crippen LogP contribution in [0.4, 0.5) is 8.78 Å². The molecule has 0 saturated heterocycles. The summed E-state index contributed by atoms with van der Waals surface area (Å²) in [6.45, 7) is 3.56. The number of nitrogens with two attached hydrogens (primary N) is 1. The van der Waals surface area contributed by atoms with Crippen molar-refractivity contribution in [2.24, 2.45) is 10.9 Å². The summed E-state index contributed by atoms with van der Waals surface area (Å²) >= 11 is 0. The quantitative estimate of drug-likeness (QED) is 0.364. The van der Waals surface area contributed by atoms with E-state index in [1.54, 1.807) is 19.2 Å². The number of hydrogen-bond acceptors (Lipinski definition) is 6. The average Bonchev–Trinajstić information content (AvgIpc) is 3.34. The first-order chi connectivity index (χ1) is 14.2. The number of aromatic nitrogens is 4. The van der Waals surface area contributed by atoms with Crippen LogP contribution in [0.2, 0.25) is 0 Å². The fraction of sp³-hybridized carbons (Fsp3) is 0.211. The van der Waals surface area contributed by atoms with E-state index >= 15 is 0 Å². The van der Waals surface area contributed by atoms with E-state index in [1.807, 2.05) is 0 Å². The van der Waals surface area contributed by atoms with Crippen molar-refractivity contribution in [1.29, 1.82) is 5.26 Å². The lowest BCUT2D eigenvalue weighted by Crippen LogP contribution is -2.22. The van der Waals surface area contributed by atoms with Crippen LogP contribution in [0.1, 0.15) is 41.6 Å². The number of primary amides is 1. The SMILES string of the molecule is C/C(=N\O)c1cc(C(N)=O)n(C(C)Cn2ccc(-c3cc(F)c(C#N)c(F)c3)n2)n1. The molecular weight excluding hydrogens is 396 g/mol. The molecule has 0 fully saturated rings. The molecule has 2 heterocycles. The number of rotatable bonds is 6. The number of carbonyl (C=O) groups excluding carboxylic acids is 1. The van der Waals surface area contributed by atoms with Crippen LogP contribution in [0.25, 0.3) is 11.3 Å². The highest BCUT2D eigenvalue weighted by molar-refractivity contribution is 5.99. The molecule has 9 nitrogen and oxygen atoms in total. The van der Waals surface area contributed by atoms with Crippen molar-refractivity contribution in [3.63, 3.8) is 0 Å². The smallest absolute Gasteiger partial charge is 0.267 e. The van der Waals surface area contributed by atoms with Gasteiger partial charge in [-0.3, -0.25) is 14.2 Å². The van der Waals surface area contributed by atoms with E-state index in [-0.39, 0.29) is 29.6 Å². The van der Waals surface area contributed by atoms with E-state index < -0.39 is 23.1 Å². The highest BCUT2D eigenvalue weighted by Crippen LogP contribution is 2.23. The number of nitriles is 1. The van der Waals surface area contributed by atoms with Gasteiger partial charge in [0.15, 0.2) is 0 Å². The third kappa shape index (κ3) is 3.88. The lowest BCUT2D eigenvalue weighted by atomic mass is 10.1. The number of amides is 1. The van der Waals surface area contributed by atoms with Crippen LogP contribution >= 0.6 is 0 Å². The summed E-state index contributed by atoms with van der Waals surface area (Å²) in [5.74, 6) is -2.63. The van der Waals surface area contributed by atoms with Gasteiger partial charge >= 0.3 is 0 Å². The second-order valence-electron chi connectivity index (χ2n) is 6.61. The minimum absolute atomic E-state index is 0.129. The van der Waals surface area contributed by atoms with Gasteiger partial charge in [0.1, 0.15) is 40.4 Å². The Hall–Kier alpha value is -4.07. The zero-order valence-electron chi connectivity index (χ0n) is 16.0. The summed E-state index contributed by atoms with van der Waals surface area (Å²) in [6, 6.07) is 6.17. The van der Waals surface area contributed by atoms with E-state index in [4.69, 9.17) is 16.2 Å². The lowest BCUT2D eigenvalue weighted by molar-refractivity contribution is 0.0987. The molecule has 1 amide bonds. The van der Waals surface area contributed by atoms with Crippen LogP contribution in [0, 0.1) is 23.0 Å². The van der Waals surface area contributed by atoms with Crippen molar-refractivity contribution in [3.8, 4) is 17.3 Å². The van der Waals surface area contributed by atoms with Gasteiger partial charge < -0.3 is 10.9 Å². The summed E-state index contributed by atoms with van der Waals surface area (Å²) < 4.78 is 30.7. The topological polar surface area (TPSA) is 135 Å². The summed E-state index contributed by atoms with van der Waals surface area (Å²) in [7, 11) is 0. The summed E-state index contributed by atoms with van der Waals surface area (Å²) in [6.07, 6.45) is 1.61. The van der Waals surface area contributed by atoms with Gasteiger partial charge in [0.25, 0.3) is 5.91 Å². The Morgan fingerprint density at radius 2 is 2.00 bits per heavy atom. The molecule has 154 valence electrons. The van der Waals surface area contributed by atoms with Crippen LogP contribution in [-0.4, -0.2) is 36.4 Å². The van der Waals surface area contributed by atoms with Gasteiger partial charge in [0, 0.05) is 11.8 Å². The maximum absolute atomic E-state index is 13.9. The summed E-state index contributed by atoms with van der Waals surface area (Å²) in [4.78, 5) is 11.8. The van der Waals surface area contributed by atoms with E-state index in [1.165, 1.54) is 28.4 Å². The molecule has 1 aromatic carbocycles. The van der Waals surface area contributed by atoms with Crippen LogP contribution in [0.15, 0.2) is 35.6 Å². The van der Waals surface area contributed by atoms with Crippen molar-refractivity contribution in [2.75, 3.05) is 0 Å². The molecule has 0 saturated carbocycles. The lowest BCUT2D eigenvalue weighted by Gasteiger charge is -2.14. The molecule has 0 spiro atoms. The molecule has 0 aliphatic rings. The van der Waals surface area contributed by atoms with Crippen molar-refractivity contribution < 1.29 is 18.8 Å². The Morgan fingerprint density at radius 3 is 2.57 bits per heavy atom. The molecule has 30 heavy (non-hydrogen) atoms. The second kappa shape index (κ2) is 8.12. The third-order valence-electron chi connectivity index (χ3n) is 4.47. The molecule has 11 heteroatoms. The van der Waals surface area contributed by atoms with Crippen molar-refractivity contribution in [2.45, 2.75) is 26.4 Å². The maximum Gasteiger partial charge on any atom is 0.267 e. The number of hydrogen-bond donors (Lipinski definition) is 2. The Morgan fingerprint density at radius 1 is 1.33 bits per heavy atom. The van der Waals surface area contributed by atoms with Crippen molar-refractivity contribution in [3.05, 3.63) is 59.0 Å². The molecule has 2 aromatic heterocycles. The van der Waals surface area contributed by atoms with Gasteiger partial charge in [-0.15, -0.1) is 0 Å². The number of oxime groups is 1. The number of halogens is 2. The third-order valence-corrected chi connectivity index (χ3v) is 4.47. The number of carbonyl (C=O) groups is 1. The van der Waals surface area contributed by atoms with Crippen molar-refractivity contribution in [1.82, 2.24) is 19.6 Å². The second-order valence-corrected chi connectivity index (χ2v) is 6.61. The minimum atomic E-state index is -0.966. The van der Waals surface area contributed by atoms with E-state index in [0.29, 0.717) is 11.4 Å². The fourth-order valence-electron chi connectivity index (χ4n) is 2.94. The first-order valence-corrected chi connectivity index (χ1v) is 8.76. The maximum atomic E-state index is 13.9. The van der Waals surface area contributed by atoms with Gasteiger partial charge in [-0.25, -0.2) is 8.78 Å². The molecule has 1 atom stereocenters. The van der Waals surface area contributed by atoms with Gasteiger partial charge in [0.2, 0.25) is 0 Å². The monoisotopic (exact) mass is 413 g/mol. The fourth-order valence-corrected chi connectivity index (χ4v) is 2.94. The minimum Gasteiger partial charge on any atom is -0.411 e. The Kier molecular flexibility index (Phi) is 5.59. The zero-order chi connectivity index (χ0) is 22.0. The highest BCUT2D eigenvalue weighted by atomic mass is 19.1. The largest absolute Gasteiger partial charge is 0.411 e. The molecular formula is C19H17F2N7O2. The Labute approximate surface area is 169 Å². The molecule has 1 unspecified atom stereocenters. The van der Waals surface area contributed by atoms with E-state index in [2.05, 4.69) is 15.4 Å². The first-order valence-electron chi connectivity index (χ1n) is 8.76. The van der Waals surface area contributed by atoms with Gasteiger partial charge in [0.05, 0.1) is 18.3 Å². The van der Waals surface area contributed by atoms with Crippen LogP contribution < -0.4 is 5.73 Å². The van der Waals surface area contributed by atoms with Crippen molar-refractivity contribution >= 4 is 11.6 Å². The van der Waals surface area contributed by atoms with Crippen LogP contribution in [0.3, 0.4) is 0 Å². The number of benzene rings is 1. The van der Waals surface area contributed by atoms with E-state index in [9.17, 15) is 13.6 Å². The van der Waals surface area contributed by atoms with Crippen LogP contribution in [0.5, 0.6) is 0 Å². The number of nitrogens with zero attached hydrogens (tertiary/aromatic N) is 6. The predicted molar refractivity (Wildman–Crippen MR) is 102 cm³/mol. The molecule has 3 N–H and O–H groups in total. The molecule has 3 aromatic rings. The summed E-state index contributed by atoms with van der Waals surface area (Å²) in [5.41, 5.74) is 5.90.